The maximum absolute atomic E-state index is 13.7. The van der Waals surface area contributed by atoms with Crippen LogP contribution in [0.5, 0.6) is 0 Å². The summed E-state index contributed by atoms with van der Waals surface area (Å²) in [5.74, 6) is 0.771. The van der Waals surface area contributed by atoms with Crippen molar-refractivity contribution >= 4 is 11.7 Å². The maximum atomic E-state index is 13.7. The van der Waals surface area contributed by atoms with Crippen molar-refractivity contribution in [3.05, 3.63) is 66.3 Å². The van der Waals surface area contributed by atoms with Crippen LogP contribution in [0.25, 0.3) is 11.4 Å². The largest absolute Gasteiger partial charge is 0.369 e. The molecule has 8 heteroatoms. The van der Waals surface area contributed by atoms with E-state index in [2.05, 4.69) is 20.4 Å². The summed E-state index contributed by atoms with van der Waals surface area (Å²) in [4.78, 5) is 21.8. The van der Waals surface area contributed by atoms with Crippen molar-refractivity contribution in [2.45, 2.75) is 44.2 Å². The molecule has 3 heterocycles. The summed E-state index contributed by atoms with van der Waals surface area (Å²) >= 11 is 0. The number of hydrogen-bond acceptors (Lipinski definition) is 5. The Balaban J connectivity index is 1.27. The van der Waals surface area contributed by atoms with Crippen LogP contribution >= 0.6 is 0 Å². The van der Waals surface area contributed by atoms with Crippen molar-refractivity contribution in [2.24, 2.45) is 0 Å². The summed E-state index contributed by atoms with van der Waals surface area (Å²) < 4.78 is 19.3. The normalized spacial score (nSPS) is 21.1. The standard InChI is InChI=1S/C25H28FN5O2/c26-19-10-6-12-21(16-19)30-14-7-11-20(17-30)27-25(32)31-15-5-4-13-22(31)24-28-23(29-33-24)18-8-2-1-3-9-18/h1-3,6,8-10,12,16,20,22H,4-5,7,11,13-15,17H2,(H,27,32). The quantitative estimate of drug-likeness (QED) is 0.620. The van der Waals surface area contributed by atoms with Crippen molar-refractivity contribution in [2.75, 3.05) is 24.5 Å². The number of aromatic nitrogens is 2. The molecule has 2 atom stereocenters. The number of hydrogen-bond donors (Lipinski definition) is 1. The average Bonchev–Trinajstić information content (AvgIpc) is 3.35. The Morgan fingerprint density at radius 2 is 1.91 bits per heavy atom. The summed E-state index contributed by atoms with van der Waals surface area (Å²) in [5.41, 5.74) is 1.74. The van der Waals surface area contributed by atoms with E-state index < -0.39 is 0 Å². The van der Waals surface area contributed by atoms with Gasteiger partial charge in [-0.2, -0.15) is 4.98 Å². The second-order valence-corrected chi connectivity index (χ2v) is 8.74. The van der Waals surface area contributed by atoms with Gasteiger partial charge >= 0.3 is 6.03 Å². The number of carbonyl (C=O) groups excluding carboxylic acids is 1. The number of nitrogens with one attached hydrogen (secondary N) is 1. The number of anilines is 1. The van der Waals surface area contributed by atoms with E-state index in [0.717, 1.165) is 49.9 Å². The fourth-order valence-electron chi connectivity index (χ4n) is 4.77. The summed E-state index contributed by atoms with van der Waals surface area (Å²) in [7, 11) is 0. The van der Waals surface area contributed by atoms with E-state index in [-0.39, 0.29) is 23.9 Å². The molecule has 2 saturated heterocycles. The molecule has 0 bridgehead atoms. The number of rotatable bonds is 4. The highest BCUT2D eigenvalue weighted by Gasteiger charge is 2.34. The van der Waals surface area contributed by atoms with Crippen molar-refractivity contribution in [3.63, 3.8) is 0 Å². The van der Waals surface area contributed by atoms with Crippen LogP contribution in [0.2, 0.25) is 0 Å². The van der Waals surface area contributed by atoms with E-state index in [1.54, 1.807) is 12.1 Å². The van der Waals surface area contributed by atoms with Gasteiger partial charge in [-0.05, 0) is 50.3 Å². The predicted molar refractivity (Wildman–Crippen MR) is 123 cm³/mol. The molecule has 0 radical (unpaired) electrons. The van der Waals surface area contributed by atoms with Gasteiger partial charge in [-0.3, -0.25) is 0 Å². The fourth-order valence-corrected chi connectivity index (χ4v) is 4.77. The molecule has 0 aliphatic carbocycles. The van der Waals surface area contributed by atoms with E-state index in [0.29, 0.717) is 24.8 Å². The Labute approximate surface area is 192 Å². The van der Waals surface area contributed by atoms with Gasteiger partial charge in [0.25, 0.3) is 0 Å². The third-order valence-corrected chi connectivity index (χ3v) is 6.44. The second kappa shape index (κ2) is 9.60. The number of benzene rings is 2. The first-order chi connectivity index (χ1) is 16.2. The highest BCUT2D eigenvalue weighted by Crippen LogP contribution is 2.31. The van der Waals surface area contributed by atoms with Gasteiger partial charge in [-0.15, -0.1) is 0 Å². The maximum Gasteiger partial charge on any atom is 0.318 e. The Hall–Kier alpha value is -3.42. The summed E-state index contributed by atoms with van der Waals surface area (Å²) in [6, 6.07) is 16.0. The van der Waals surface area contributed by atoms with E-state index in [1.807, 2.05) is 41.3 Å². The molecular formula is C25H28FN5O2. The molecule has 172 valence electrons. The Morgan fingerprint density at radius 1 is 1.03 bits per heavy atom. The van der Waals surface area contributed by atoms with Crippen LogP contribution in [-0.4, -0.2) is 46.7 Å². The number of urea groups is 1. The number of nitrogens with zero attached hydrogens (tertiary/aromatic N) is 4. The van der Waals surface area contributed by atoms with Crippen LogP contribution < -0.4 is 10.2 Å². The minimum Gasteiger partial charge on any atom is -0.369 e. The predicted octanol–water partition coefficient (Wildman–Crippen LogP) is 4.78. The lowest BCUT2D eigenvalue weighted by Crippen LogP contribution is -2.53. The fraction of sp³-hybridized carbons (Fsp3) is 0.400. The van der Waals surface area contributed by atoms with Crippen molar-refractivity contribution in [3.8, 4) is 11.4 Å². The first kappa shape index (κ1) is 21.4. The molecule has 0 saturated carbocycles. The minimum absolute atomic E-state index is 0.000316. The van der Waals surface area contributed by atoms with Crippen molar-refractivity contribution in [1.82, 2.24) is 20.4 Å². The zero-order valence-electron chi connectivity index (χ0n) is 18.5. The van der Waals surface area contributed by atoms with Crippen molar-refractivity contribution in [1.29, 1.82) is 0 Å². The van der Waals surface area contributed by atoms with Gasteiger partial charge in [-0.25, -0.2) is 9.18 Å². The van der Waals surface area contributed by atoms with Gasteiger partial charge in [0.15, 0.2) is 0 Å². The van der Waals surface area contributed by atoms with Crippen LogP contribution in [0.3, 0.4) is 0 Å². The first-order valence-corrected chi connectivity index (χ1v) is 11.6. The molecule has 2 aliphatic heterocycles. The Bertz CT molecular complexity index is 1090. The molecule has 2 unspecified atom stereocenters. The highest BCUT2D eigenvalue weighted by atomic mass is 19.1. The highest BCUT2D eigenvalue weighted by molar-refractivity contribution is 5.75. The lowest BCUT2D eigenvalue weighted by Gasteiger charge is -2.38. The minimum atomic E-state index is -0.246. The molecule has 2 amide bonds. The molecule has 7 nitrogen and oxygen atoms in total. The molecule has 3 aromatic rings. The summed E-state index contributed by atoms with van der Waals surface area (Å²) in [6.07, 6.45) is 4.59. The van der Waals surface area contributed by atoms with Gasteiger partial charge in [0.2, 0.25) is 11.7 Å². The SMILES string of the molecule is O=C(NC1CCCN(c2cccc(F)c2)C1)N1CCCCC1c1nc(-c2ccccc2)no1. The number of amides is 2. The van der Waals surface area contributed by atoms with Gasteiger partial charge in [0.1, 0.15) is 11.9 Å². The van der Waals surface area contributed by atoms with E-state index >= 15 is 0 Å². The first-order valence-electron chi connectivity index (χ1n) is 11.6. The number of piperidine rings is 2. The van der Waals surface area contributed by atoms with Crippen molar-refractivity contribution < 1.29 is 13.7 Å². The van der Waals surface area contributed by atoms with Gasteiger partial charge in [-0.1, -0.05) is 41.6 Å². The van der Waals surface area contributed by atoms with Crippen LogP contribution in [0.1, 0.15) is 44.0 Å². The van der Waals surface area contributed by atoms with E-state index in [1.165, 1.54) is 6.07 Å². The smallest absolute Gasteiger partial charge is 0.318 e. The van der Waals surface area contributed by atoms with E-state index in [9.17, 15) is 9.18 Å². The Kier molecular flexibility index (Phi) is 6.24. The molecule has 1 aromatic heterocycles. The van der Waals surface area contributed by atoms with Crippen LogP contribution in [0.4, 0.5) is 14.9 Å². The topological polar surface area (TPSA) is 74.5 Å². The lowest BCUT2D eigenvalue weighted by atomic mass is 10.0. The Morgan fingerprint density at radius 3 is 2.76 bits per heavy atom. The average molecular weight is 450 g/mol. The number of halogens is 1. The molecule has 5 rings (SSSR count). The van der Waals surface area contributed by atoms with Gasteiger partial charge in [0.05, 0.1) is 0 Å². The van der Waals surface area contributed by atoms with Crippen LogP contribution in [-0.2, 0) is 0 Å². The van der Waals surface area contributed by atoms with Crippen LogP contribution in [0, 0.1) is 5.82 Å². The lowest BCUT2D eigenvalue weighted by molar-refractivity contribution is 0.128. The third-order valence-electron chi connectivity index (χ3n) is 6.44. The molecule has 2 fully saturated rings. The molecule has 0 spiro atoms. The zero-order chi connectivity index (χ0) is 22.6. The summed E-state index contributed by atoms with van der Waals surface area (Å²) in [6.45, 7) is 2.17. The van der Waals surface area contributed by atoms with E-state index in [4.69, 9.17) is 4.52 Å². The second-order valence-electron chi connectivity index (χ2n) is 8.74. The van der Waals surface area contributed by atoms with Crippen LogP contribution in [0.15, 0.2) is 59.1 Å². The van der Waals surface area contributed by atoms with Gasteiger partial charge in [0, 0.05) is 36.9 Å². The third kappa shape index (κ3) is 4.84. The number of carbonyl (C=O) groups is 1. The monoisotopic (exact) mass is 449 g/mol. The van der Waals surface area contributed by atoms with Gasteiger partial charge < -0.3 is 19.6 Å². The summed E-state index contributed by atoms with van der Waals surface area (Å²) in [5, 5.41) is 7.34. The number of likely N-dealkylation sites (tertiary alicyclic amines) is 1. The molecule has 2 aliphatic rings. The molecule has 33 heavy (non-hydrogen) atoms. The molecule has 1 N–H and O–H groups in total. The zero-order valence-corrected chi connectivity index (χ0v) is 18.5. The molecular weight excluding hydrogens is 421 g/mol. The molecule has 2 aromatic carbocycles.